The van der Waals surface area contributed by atoms with Crippen LogP contribution in [0.2, 0.25) is 0 Å². The summed E-state index contributed by atoms with van der Waals surface area (Å²) in [7, 11) is -4.27. The van der Waals surface area contributed by atoms with Gasteiger partial charge in [0.15, 0.2) is 4.90 Å². The molecule has 0 aliphatic carbocycles. The first kappa shape index (κ1) is 16.4. The fourth-order valence-electron chi connectivity index (χ4n) is 1.87. The molecule has 9 nitrogen and oxygen atoms in total. The number of rotatable bonds is 5. The minimum Gasteiger partial charge on any atom is -0.279 e. The Morgan fingerprint density at radius 2 is 1.65 bits per heavy atom. The normalized spacial score (nSPS) is 11.0. The highest BCUT2D eigenvalue weighted by molar-refractivity contribution is 7.92. The molecule has 0 fully saturated rings. The molecule has 0 atom stereocenters. The van der Waals surface area contributed by atoms with Gasteiger partial charge in [0.2, 0.25) is 0 Å². The summed E-state index contributed by atoms with van der Waals surface area (Å²) in [6.07, 6.45) is 0. The highest BCUT2D eigenvalue weighted by Gasteiger charge is 2.26. The lowest BCUT2D eigenvalue weighted by atomic mass is 10.2. The summed E-state index contributed by atoms with van der Waals surface area (Å²) in [5, 5.41) is 21.7. The van der Waals surface area contributed by atoms with Crippen LogP contribution in [0.1, 0.15) is 5.56 Å². The molecule has 23 heavy (non-hydrogen) atoms. The summed E-state index contributed by atoms with van der Waals surface area (Å²) in [5.74, 6) is 0. The Morgan fingerprint density at radius 3 is 2.26 bits per heavy atom. The SMILES string of the molecule is Cc1ccc([N+](=O)[O-])cc1NS(=O)(=O)c1ccccc1[N+](=O)[O-]. The number of sulfonamides is 1. The number of aryl methyl sites for hydroxylation is 1. The molecule has 2 rings (SSSR count). The van der Waals surface area contributed by atoms with E-state index in [0.717, 1.165) is 18.2 Å². The summed E-state index contributed by atoms with van der Waals surface area (Å²) in [4.78, 5) is 19.7. The fourth-order valence-corrected chi connectivity index (χ4v) is 3.16. The number of nitro groups is 2. The van der Waals surface area contributed by atoms with Crippen molar-refractivity contribution < 1.29 is 18.3 Å². The summed E-state index contributed by atoms with van der Waals surface area (Å²) >= 11 is 0. The van der Waals surface area contributed by atoms with Crippen LogP contribution < -0.4 is 4.72 Å². The highest BCUT2D eigenvalue weighted by atomic mass is 32.2. The molecular formula is C13H11N3O6S. The number of nitro benzene ring substituents is 2. The lowest BCUT2D eigenvalue weighted by Gasteiger charge is -2.10. The van der Waals surface area contributed by atoms with E-state index >= 15 is 0 Å². The molecule has 0 aliphatic rings. The molecule has 1 N–H and O–H groups in total. The number of anilines is 1. The van der Waals surface area contributed by atoms with Crippen LogP contribution in [-0.2, 0) is 10.0 Å². The fraction of sp³-hybridized carbons (Fsp3) is 0.0769. The Labute approximate surface area is 130 Å². The third kappa shape index (κ3) is 3.43. The average Bonchev–Trinajstić information content (AvgIpc) is 2.49. The third-order valence-corrected chi connectivity index (χ3v) is 4.44. The maximum atomic E-state index is 12.4. The number of benzene rings is 2. The number of non-ortho nitro benzene ring substituents is 1. The molecule has 0 aromatic heterocycles. The molecule has 0 saturated heterocycles. The zero-order valence-corrected chi connectivity index (χ0v) is 12.6. The maximum absolute atomic E-state index is 12.4. The lowest BCUT2D eigenvalue weighted by molar-refractivity contribution is -0.387. The first-order chi connectivity index (χ1) is 10.7. The third-order valence-electron chi connectivity index (χ3n) is 3.03. The monoisotopic (exact) mass is 337 g/mol. The second-order valence-electron chi connectivity index (χ2n) is 4.59. The number of para-hydroxylation sites is 1. The molecule has 0 aliphatic heterocycles. The van der Waals surface area contributed by atoms with Crippen molar-refractivity contribution in [1.82, 2.24) is 0 Å². The van der Waals surface area contributed by atoms with Gasteiger partial charge in [-0.2, -0.15) is 0 Å². The number of nitrogens with zero attached hydrogens (tertiary/aromatic N) is 2. The van der Waals surface area contributed by atoms with E-state index in [4.69, 9.17) is 0 Å². The second-order valence-corrected chi connectivity index (χ2v) is 6.24. The van der Waals surface area contributed by atoms with Crippen molar-refractivity contribution in [2.75, 3.05) is 4.72 Å². The van der Waals surface area contributed by atoms with Crippen molar-refractivity contribution in [2.45, 2.75) is 11.8 Å². The maximum Gasteiger partial charge on any atom is 0.289 e. The van der Waals surface area contributed by atoms with E-state index < -0.39 is 30.5 Å². The molecule has 2 aromatic rings. The Hall–Kier alpha value is -3.01. The standard InChI is InChI=1S/C13H11N3O6S/c1-9-6-7-10(15(17)18)8-11(9)14-23(21,22)13-5-3-2-4-12(13)16(19)20/h2-8,14H,1H3. The van der Waals surface area contributed by atoms with E-state index in [2.05, 4.69) is 4.72 Å². The Kier molecular flexibility index (Phi) is 4.27. The van der Waals surface area contributed by atoms with Crippen LogP contribution in [0.5, 0.6) is 0 Å². The van der Waals surface area contributed by atoms with Crippen LogP contribution in [0.25, 0.3) is 0 Å². The van der Waals surface area contributed by atoms with Crippen LogP contribution in [0.15, 0.2) is 47.4 Å². The Morgan fingerprint density at radius 1 is 1.00 bits per heavy atom. The summed E-state index contributed by atoms with van der Waals surface area (Å²) in [5.41, 5.74) is -0.450. The highest BCUT2D eigenvalue weighted by Crippen LogP contribution is 2.28. The summed E-state index contributed by atoms with van der Waals surface area (Å²) in [6, 6.07) is 8.52. The van der Waals surface area contributed by atoms with E-state index in [1.165, 1.54) is 24.3 Å². The quantitative estimate of drug-likeness (QED) is 0.658. The second kappa shape index (κ2) is 6.01. The number of hydrogen-bond donors (Lipinski definition) is 1. The minimum absolute atomic E-state index is 0.0163. The Bertz CT molecular complexity index is 894. The van der Waals surface area contributed by atoms with Gasteiger partial charge in [0.05, 0.1) is 15.5 Å². The number of nitrogens with one attached hydrogen (secondary N) is 1. The molecule has 0 amide bonds. The molecule has 0 spiro atoms. The molecule has 0 radical (unpaired) electrons. The van der Waals surface area contributed by atoms with Gasteiger partial charge in [0.1, 0.15) is 0 Å². The number of hydrogen-bond acceptors (Lipinski definition) is 6. The minimum atomic E-state index is -4.27. The van der Waals surface area contributed by atoms with Crippen LogP contribution in [0.4, 0.5) is 17.1 Å². The predicted molar refractivity (Wildman–Crippen MR) is 81.7 cm³/mol. The Balaban J connectivity index is 2.50. The van der Waals surface area contributed by atoms with Gasteiger partial charge in [-0.15, -0.1) is 0 Å². The van der Waals surface area contributed by atoms with Crippen molar-refractivity contribution in [2.24, 2.45) is 0 Å². The molecule has 0 unspecified atom stereocenters. The van der Waals surface area contributed by atoms with E-state index in [1.807, 2.05) is 0 Å². The first-order valence-electron chi connectivity index (χ1n) is 6.23. The van der Waals surface area contributed by atoms with E-state index in [0.29, 0.717) is 5.56 Å². The van der Waals surface area contributed by atoms with Gasteiger partial charge in [-0.05, 0) is 18.6 Å². The van der Waals surface area contributed by atoms with Gasteiger partial charge < -0.3 is 0 Å². The van der Waals surface area contributed by atoms with Gasteiger partial charge >= 0.3 is 0 Å². The van der Waals surface area contributed by atoms with Crippen LogP contribution in [-0.4, -0.2) is 18.3 Å². The first-order valence-corrected chi connectivity index (χ1v) is 7.72. The lowest BCUT2D eigenvalue weighted by Crippen LogP contribution is -2.15. The van der Waals surface area contributed by atoms with E-state index in [9.17, 15) is 28.6 Å². The molecule has 120 valence electrons. The van der Waals surface area contributed by atoms with Gasteiger partial charge in [0.25, 0.3) is 21.4 Å². The van der Waals surface area contributed by atoms with Crippen molar-refractivity contribution in [3.8, 4) is 0 Å². The van der Waals surface area contributed by atoms with Crippen LogP contribution in [0.3, 0.4) is 0 Å². The van der Waals surface area contributed by atoms with Crippen LogP contribution >= 0.6 is 0 Å². The van der Waals surface area contributed by atoms with Gasteiger partial charge in [-0.25, -0.2) is 8.42 Å². The molecule has 0 bridgehead atoms. The van der Waals surface area contributed by atoms with Gasteiger partial charge in [-0.3, -0.25) is 25.0 Å². The van der Waals surface area contributed by atoms with Crippen molar-refractivity contribution in [1.29, 1.82) is 0 Å². The summed E-state index contributed by atoms with van der Waals surface area (Å²) < 4.78 is 26.9. The molecule has 0 heterocycles. The predicted octanol–water partition coefficient (Wildman–Crippen LogP) is 2.61. The largest absolute Gasteiger partial charge is 0.289 e. The van der Waals surface area contributed by atoms with Gasteiger partial charge in [-0.1, -0.05) is 18.2 Å². The molecule has 10 heteroatoms. The van der Waals surface area contributed by atoms with Crippen molar-refractivity contribution >= 4 is 27.1 Å². The zero-order valence-electron chi connectivity index (χ0n) is 11.8. The molecule has 0 saturated carbocycles. The molecular weight excluding hydrogens is 326 g/mol. The smallest absolute Gasteiger partial charge is 0.279 e. The van der Waals surface area contributed by atoms with E-state index in [-0.39, 0.29) is 11.4 Å². The average molecular weight is 337 g/mol. The topological polar surface area (TPSA) is 132 Å². The van der Waals surface area contributed by atoms with Crippen molar-refractivity contribution in [3.63, 3.8) is 0 Å². The summed E-state index contributed by atoms with van der Waals surface area (Å²) in [6.45, 7) is 1.56. The van der Waals surface area contributed by atoms with Gasteiger partial charge in [0, 0.05) is 18.2 Å². The molecule has 2 aromatic carbocycles. The van der Waals surface area contributed by atoms with E-state index in [1.54, 1.807) is 6.92 Å². The van der Waals surface area contributed by atoms with Crippen molar-refractivity contribution in [3.05, 3.63) is 68.3 Å². The van der Waals surface area contributed by atoms with Crippen LogP contribution in [0, 0.1) is 27.2 Å². The zero-order chi connectivity index (χ0) is 17.2.